The minimum atomic E-state index is -0.931. The highest BCUT2D eigenvalue weighted by molar-refractivity contribution is 5.94. The Bertz CT molecular complexity index is 1430. The first-order chi connectivity index (χ1) is 18.3. The fraction of sp³-hybridized carbons (Fsp3) is 0.303. The van der Waals surface area contributed by atoms with Gasteiger partial charge in [0.1, 0.15) is 0 Å². The Balaban J connectivity index is 1.79. The van der Waals surface area contributed by atoms with E-state index in [4.69, 9.17) is 10.1 Å². The van der Waals surface area contributed by atoms with Gasteiger partial charge in [0.2, 0.25) is 0 Å². The maximum Gasteiger partial charge on any atom is 0.305 e. The van der Waals surface area contributed by atoms with Gasteiger partial charge in [0.25, 0.3) is 5.91 Å². The molecule has 5 nitrogen and oxygen atoms in total. The average molecular weight is 509 g/mol. The first kappa shape index (κ1) is 27.1. The van der Waals surface area contributed by atoms with Crippen molar-refractivity contribution < 1.29 is 14.7 Å². The lowest BCUT2D eigenvalue weighted by atomic mass is 9.74. The summed E-state index contributed by atoms with van der Waals surface area (Å²) in [6.45, 7) is 8.68. The number of amides is 1. The molecule has 0 radical (unpaired) electrons. The van der Waals surface area contributed by atoms with Gasteiger partial charge < -0.3 is 10.4 Å². The molecular weight excluding hydrogens is 472 g/mol. The summed E-state index contributed by atoms with van der Waals surface area (Å²) in [5.41, 5.74) is 8.89. The Morgan fingerprint density at radius 2 is 1.58 bits per heavy atom. The molecular formula is C33H36N2O3. The van der Waals surface area contributed by atoms with Crippen molar-refractivity contribution in [2.45, 2.75) is 58.8 Å². The Kier molecular flexibility index (Phi) is 8.57. The van der Waals surface area contributed by atoms with E-state index >= 15 is 0 Å². The highest BCUT2D eigenvalue weighted by Gasteiger charge is 2.28. The number of aliphatic carboxylic acids is 1. The van der Waals surface area contributed by atoms with Crippen molar-refractivity contribution in [3.05, 3.63) is 112 Å². The second kappa shape index (κ2) is 12.0. The van der Waals surface area contributed by atoms with E-state index in [-0.39, 0.29) is 30.7 Å². The fourth-order valence-electron chi connectivity index (χ4n) is 5.41. The third-order valence-electron chi connectivity index (χ3n) is 7.21. The number of carboxylic acids is 1. The van der Waals surface area contributed by atoms with Gasteiger partial charge >= 0.3 is 5.97 Å². The predicted molar refractivity (Wildman–Crippen MR) is 153 cm³/mol. The summed E-state index contributed by atoms with van der Waals surface area (Å²) in [4.78, 5) is 28.1. The number of fused-ring (bicyclic) bond motifs is 1. The smallest absolute Gasteiger partial charge is 0.305 e. The van der Waals surface area contributed by atoms with Gasteiger partial charge in [-0.15, -0.1) is 0 Å². The minimum absolute atomic E-state index is 0.0978. The monoisotopic (exact) mass is 508 g/mol. The second-order valence-electron chi connectivity index (χ2n) is 10.2. The number of carboxylic acid groups (broad SMARTS) is 1. The number of carbonyl (C=O) groups excluding carboxylic acids is 1. The largest absolute Gasteiger partial charge is 0.481 e. The summed E-state index contributed by atoms with van der Waals surface area (Å²) in [5, 5.41) is 12.7. The van der Waals surface area contributed by atoms with E-state index in [1.54, 1.807) is 0 Å². The topological polar surface area (TPSA) is 79.3 Å². The van der Waals surface area contributed by atoms with Crippen LogP contribution in [0, 0.1) is 20.8 Å². The Hall–Kier alpha value is -3.99. The van der Waals surface area contributed by atoms with Crippen LogP contribution in [0.4, 0.5) is 0 Å². The SMILES string of the molecule is CCCC(c1ccc(C(=O)NCCC(=O)O)cc1)C(c1ccc(C)cc1)c1ccnc2c(C)cc(C)cc12. The van der Waals surface area contributed by atoms with E-state index in [0.717, 1.165) is 18.4 Å². The van der Waals surface area contributed by atoms with E-state index in [1.807, 2.05) is 30.5 Å². The van der Waals surface area contributed by atoms with Gasteiger partial charge in [-0.05, 0) is 79.6 Å². The van der Waals surface area contributed by atoms with E-state index in [2.05, 4.69) is 75.5 Å². The molecule has 0 bridgehead atoms. The summed E-state index contributed by atoms with van der Waals surface area (Å²) >= 11 is 0. The zero-order valence-corrected chi connectivity index (χ0v) is 22.6. The molecule has 1 amide bonds. The number of aromatic nitrogens is 1. The quantitative estimate of drug-likeness (QED) is 0.240. The van der Waals surface area contributed by atoms with Crippen LogP contribution in [0.25, 0.3) is 10.9 Å². The maximum atomic E-state index is 12.5. The lowest BCUT2D eigenvalue weighted by Gasteiger charge is -2.30. The van der Waals surface area contributed by atoms with Crippen LogP contribution in [0.15, 0.2) is 72.9 Å². The lowest BCUT2D eigenvalue weighted by Crippen LogP contribution is -2.26. The molecule has 3 aromatic carbocycles. The molecule has 2 N–H and O–H groups in total. The standard InChI is InChI=1S/C33H36N2O3/c1-5-6-27(24-11-13-26(14-12-24)33(38)35-18-16-30(36)37)31(25-9-7-21(2)8-10-25)28-15-17-34-32-23(4)19-22(3)20-29(28)32/h7-15,17,19-20,27,31H,5-6,16,18H2,1-4H3,(H,35,38)(H,36,37). The molecule has 5 heteroatoms. The normalized spacial score (nSPS) is 12.7. The summed E-state index contributed by atoms with van der Waals surface area (Å²) in [5.74, 6) is -0.888. The molecule has 0 saturated carbocycles. The van der Waals surface area contributed by atoms with Gasteiger partial charge in [-0.1, -0.05) is 66.9 Å². The van der Waals surface area contributed by atoms with Crippen molar-refractivity contribution in [1.29, 1.82) is 0 Å². The number of pyridine rings is 1. The molecule has 4 aromatic rings. The number of hydrogen-bond acceptors (Lipinski definition) is 3. The van der Waals surface area contributed by atoms with Crippen LogP contribution in [0.5, 0.6) is 0 Å². The lowest BCUT2D eigenvalue weighted by molar-refractivity contribution is -0.136. The third kappa shape index (κ3) is 6.10. The molecule has 1 heterocycles. The molecule has 38 heavy (non-hydrogen) atoms. The molecule has 0 spiro atoms. The Morgan fingerprint density at radius 3 is 2.24 bits per heavy atom. The van der Waals surface area contributed by atoms with Crippen LogP contribution in [0.2, 0.25) is 0 Å². The van der Waals surface area contributed by atoms with Gasteiger partial charge in [0.05, 0.1) is 11.9 Å². The van der Waals surface area contributed by atoms with Crippen molar-refractivity contribution in [1.82, 2.24) is 10.3 Å². The molecule has 4 rings (SSSR count). The molecule has 2 unspecified atom stereocenters. The zero-order chi connectivity index (χ0) is 27.2. The number of benzene rings is 3. The molecule has 196 valence electrons. The van der Waals surface area contributed by atoms with Gasteiger partial charge in [0, 0.05) is 29.6 Å². The number of hydrogen-bond donors (Lipinski definition) is 2. The van der Waals surface area contributed by atoms with Crippen LogP contribution in [-0.4, -0.2) is 28.5 Å². The summed E-state index contributed by atoms with van der Waals surface area (Å²) in [7, 11) is 0. The molecule has 0 aliphatic rings. The highest BCUT2D eigenvalue weighted by Crippen LogP contribution is 2.44. The zero-order valence-electron chi connectivity index (χ0n) is 22.6. The number of nitrogens with zero attached hydrogens (tertiary/aromatic N) is 1. The summed E-state index contributed by atoms with van der Waals surface area (Å²) < 4.78 is 0. The summed E-state index contributed by atoms with van der Waals surface area (Å²) in [6, 6.07) is 23.2. The van der Waals surface area contributed by atoms with E-state index in [9.17, 15) is 9.59 Å². The van der Waals surface area contributed by atoms with Gasteiger partial charge in [-0.2, -0.15) is 0 Å². The molecule has 2 atom stereocenters. The van der Waals surface area contributed by atoms with E-state index in [0.29, 0.717) is 5.56 Å². The van der Waals surface area contributed by atoms with Crippen molar-refractivity contribution in [3.8, 4) is 0 Å². The number of rotatable bonds is 10. The average Bonchev–Trinajstić information content (AvgIpc) is 2.89. The molecule has 1 aromatic heterocycles. The van der Waals surface area contributed by atoms with Crippen molar-refractivity contribution in [3.63, 3.8) is 0 Å². The van der Waals surface area contributed by atoms with Crippen LogP contribution in [0.3, 0.4) is 0 Å². The van der Waals surface area contributed by atoms with Gasteiger partial charge in [-0.3, -0.25) is 14.6 Å². The molecule has 0 aliphatic carbocycles. The van der Waals surface area contributed by atoms with Crippen molar-refractivity contribution in [2.24, 2.45) is 0 Å². The molecule has 0 aliphatic heterocycles. The maximum absolute atomic E-state index is 12.5. The Labute approximate surface area is 224 Å². The number of carbonyl (C=O) groups is 2. The number of nitrogens with one attached hydrogen (secondary N) is 1. The van der Waals surface area contributed by atoms with E-state index in [1.165, 1.54) is 38.8 Å². The fourth-order valence-corrected chi connectivity index (χ4v) is 5.41. The second-order valence-corrected chi connectivity index (χ2v) is 10.2. The first-order valence-electron chi connectivity index (χ1n) is 13.3. The van der Waals surface area contributed by atoms with E-state index < -0.39 is 5.97 Å². The highest BCUT2D eigenvalue weighted by atomic mass is 16.4. The van der Waals surface area contributed by atoms with Crippen LogP contribution < -0.4 is 5.32 Å². The Morgan fingerprint density at radius 1 is 0.895 bits per heavy atom. The van der Waals surface area contributed by atoms with Gasteiger partial charge in [-0.25, -0.2) is 0 Å². The molecule has 0 saturated heterocycles. The van der Waals surface area contributed by atoms with Crippen LogP contribution in [0.1, 0.15) is 81.8 Å². The van der Waals surface area contributed by atoms with Crippen molar-refractivity contribution >= 4 is 22.8 Å². The van der Waals surface area contributed by atoms with Gasteiger partial charge in [0.15, 0.2) is 0 Å². The number of aryl methyl sites for hydroxylation is 3. The minimum Gasteiger partial charge on any atom is -0.481 e. The summed E-state index contributed by atoms with van der Waals surface area (Å²) in [6.07, 6.45) is 3.83. The predicted octanol–water partition coefficient (Wildman–Crippen LogP) is 7.08. The van der Waals surface area contributed by atoms with Crippen LogP contribution >= 0.6 is 0 Å². The van der Waals surface area contributed by atoms with Crippen molar-refractivity contribution in [2.75, 3.05) is 6.54 Å². The third-order valence-corrected chi connectivity index (χ3v) is 7.21. The molecule has 0 fully saturated rings. The van der Waals surface area contributed by atoms with Crippen LogP contribution in [-0.2, 0) is 4.79 Å². The first-order valence-corrected chi connectivity index (χ1v) is 13.3.